The van der Waals surface area contributed by atoms with Crippen LogP contribution in [-0.2, 0) is 17.5 Å². The predicted octanol–water partition coefficient (Wildman–Crippen LogP) is 5.73. The van der Waals surface area contributed by atoms with Gasteiger partial charge in [-0.3, -0.25) is 4.90 Å². The normalized spacial score (nSPS) is 14.5. The molecule has 14 heteroatoms. The van der Waals surface area contributed by atoms with Crippen LogP contribution in [0, 0.1) is 3.57 Å². The van der Waals surface area contributed by atoms with E-state index in [0.717, 1.165) is 36.5 Å². The van der Waals surface area contributed by atoms with Crippen LogP contribution in [-0.4, -0.2) is 51.8 Å². The highest BCUT2D eigenvalue weighted by atomic mass is 127. The Kier molecular flexibility index (Phi) is 7.84. The number of anilines is 3. The summed E-state index contributed by atoms with van der Waals surface area (Å²) in [5.41, 5.74) is 8.62. The van der Waals surface area contributed by atoms with Crippen molar-refractivity contribution in [2.45, 2.75) is 12.7 Å². The molecule has 5 rings (SSSR count). The first-order chi connectivity index (χ1) is 18.6. The maximum atomic E-state index is 13.0. The topological polar surface area (TPSA) is 110 Å². The second kappa shape index (κ2) is 11.2. The maximum absolute atomic E-state index is 13.0. The van der Waals surface area contributed by atoms with Crippen LogP contribution in [0.3, 0.4) is 0 Å². The predicted molar refractivity (Wildman–Crippen MR) is 151 cm³/mol. The molecule has 1 aliphatic heterocycles. The fraction of sp³-hybridized carbons (Fsp3) is 0.240. The van der Waals surface area contributed by atoms with E-state index in [0.29, 0.717) is 45.1 Å². The SMILES string of the molecule is Nc1ncnn2c(CN3CCOCC3)c(Cl)c(-c3ccc(NC(=O)Nc4cccc(C(F)(F)F)c4)c(I)c3)c12. The third kappa shape index (κ3) is 5.90. The summed E-state index contributed by atoms with van der Waals surface area (Å²) >= 11 is 8.99. The van der Waals surface area contributed by atoms with Crippen LogP contribution in [0.5, 0.6) is 0 Å². The molecule has 0 radical (unpaired) electrons. The number of rotatable bonds is 5. The summed E-state index contributed by atoms with van der Waals surface area (Å²) in [5.74, 6) is 0.271. The molecule has 2 amide bonds. The van der Waals surface area contributed by atoms with E-state index in [9.17, 15) is 18.0 Å². The zero-order chi connectivity index (χ0) is 27.7. The molecule has 0 aliphatic carbocycles. The van der Waals surface area contributed by atoms with Gasteiger partial charge < -0.3 is 21.1 Å². The third-order valence-electron chi connectivity index (χ3n) is 6.21. The highest BCUT2D eigenvalue weighted by molar-refractivity contribution is 14.1. The molecule has 3 heterocycles. The summed E-state index contributed by atoms with van der Waals surface area (Å²) in [6.07, 6.45) is -3.13. The van der Waals surface area contributed by atoms with Crippen molar-refractivity contribution in [1.82, 2.24) is 19.5 Å². The smallest absolute Gasteiger partial charge is 0.382 e. The second-order valence-electron chi connectivity index (χ2n) is 8.78. The Hall–Kier alpha value is -3.14. The number of nitrogens with zero attached hydrogens (tertiary/aromatic N) is 4. The maximum Gasteiger partial charge on any atom is 0.416 e. The zero-order valence-electron chi connectivity index (χ0n) is 20.2. The quantitative estimate of drug-likeness (QED) is 0.234. The standard InChI is InChI=1S/C25H22ClF3IN7O2/c26-21-19(12-36-6-8-39-9-7-36)37-22(23(31)32-13-33-37)20(21)14-4-5-18(17(30)10-14)35-24(38)34-16-3-1-2-15(11-16)25(27,28)29/h1-5,10-11,13H,6-9,12H2,(H2,31,32,33)(H2,34,35,38). The number of urea groups is 1. The highest BCUT2D eigenvalue weighted by Gasteiger charge is 2.30. The lowest BCUT2D eigenvalue weighted by Gasteiger charge is -2.26. The molecule has 1 saturated heterocycles. The van der Waals surface area contributed by atoms with E-state index < -0.39 is 17.8 Å². The summed E-state index contributed by atoms with van der Waals surface area (Å²) in [4.78, 5) is 18.9. The van der Waals surface area contributed by atoms with E-state index in [1.54, 1.807) is 16.6 Å². The summed E-state index contributed by atoms with van der Waals surface area (Å²) in [6, 6.07) is 9.01. The van der Waals surface area contributed by atoms with Gasteiger partial charge in [0.15, 0.2) is 5.82 Å². The minimum absolute atomic E-state index is 0.0179. The number of amides is 2. The average molecular weight is 672 g/mol. The lowest BCUT2D eigenvalue weighted by atomic mass is 10.1. The van der Waals surface area contributed by atoms with Gasteiger partial charge in [-0.25, -0.2) is 14.3 Å². The van der Waals surface area contributed by atoms with Crippen molar-refractivity contribution in [3.8, 4) is 11.1 Å². The monoisotopic (exact) mass is 671 g/mol. The van der Waals surface area contributed by atoms with E-state index in [-0.39, 0.29) is 11.5 Å². The Morgan fingerprint density at radius 2 is 1.92 bits per heavy atom. The molecule has 1 fully saturated rings. The van der Waals surface area contributed by atoms with E-state index in [1.165, 1.54) is 18.5 Å². The zero-order valence-corrected chi connectivity index (χ0v) is 23.1. The largest absolute Gasteiger partial charge is 0.416 e. The number of carbonyl (C=O) groups excluding carboxylic acids is 1. The molecule has 4 N–H and O–H groups in total. The van der Waals surface area contributed by atoms with E-state index in [4.69, 9.17) is 22.1 Å². The van der Waals surface area contributed by atoms with Crippen LogP contribution in [0.1, 0.15) is 11.3 Å². The Morgan fingerprint density at radius 3 is 2.64 bits per heavy atom. The number of morpholine rings is 1. The van der Waals surface area contributed by atoms with Crippen molar-refractivity contribution in [1.29, 1.82) is 0 Å². The lowest BCUT2D eigenvalue weighted by molar-refractivity contribution is -0.137. The molecule has 0 saturated carbocycles. The molecule has 0 atom stereocenters. The van der Waals surface area contributed by atoms with Crippen molar-refractivity contribution in [2.75, 3.05) is 42.7 Å². The first kappa shape index (κ1) is 27.4. The molecule has 0 spiro atoms. The number of nitrogen functional groups attached to an aromatic ring is 1. The van der Waals surface area contributed by atoms with Gasteiger partial charge in [0.1, 0.15) is 11.8 Å². The molecule has 0 bridgehead atoms. The van der Waals surface area contributed by atoms with Crippen molar-refractivity contribution in [3.05, 3.63) is 68.6 Å². The number of hydrogen-bond acceptors (Lipinski definition) is 6. The fourth-order valence-electron chi connectivity index (χ4n) is 4.35. The molecular weight excluding hydrogens is 650 g/mol. The number of benzene rings is 2. The number of alkyl halides is 3. The Balaban J connectivity index is 1.41. The number of nitrogens with two attached hydrogens (primary N) is 1. The van der Waals surface area contributed by atoms with Crippen LogP contribution in [0.15, 0.2) is 48.8 Å². The molecule has 0 unspecified atom stereocenters. The van der Waals surface area contributed by atoms with Gasteiger partial charge >= 0.3 is 12.2 Å². The third-order valence-corrected chi connectivity index (χ3v) is 7.51. The van der Waals surface area contributed by atoms with Gasteiger partial charge in [-0.1, -0.05) is 23.7 Å². The molecule has 39 heavy (non-hydrogen) atoms. The molecule has 2 aromatic heterocycles. The highest BCUT2D eigenvalue weighted by Crippen LogP contribution is 2.40. The Labute approximate surface area is 239 Å². The molecule has 4 aromatic rings. The van der Waals surface area contributed by atoms with Gasteiger partial charge in [0.05, 0.1) is 35.2 Å². The molecule has 2 aromatic carbocycles. The van der Waals surface area contributed by atoms with Crippen LogP contribution in [0.4, 0.5) is 35.2 Å². The van der Waals surface area contributed by atoms with Crippen LogP contribution < -0.4 is 16.4 Å². The second-order valence-corrected chi connectivity index (χ2v) is 10.3. The number of hydrogen-bond donors (Lipinski definition) is 3. The van der Waals surface area contributed by atoms with E-state index in [1.807, 2.05) is 6.07 Å². The van der Waals surface area contributed by atoms with Gasteiger partial charge in [-0.15, -0.1) is 0 Å². The Morgan fingerprint density at radius 1 is 1.15 bits per heavy atom. The number of halogens is 5. The summed E-state index contributed by atoms with van der Waals surface area (Å²) in [6.45, 7) is 3.35. The van der Waals surface area contributed by atoms with Crippen LogP contribution in [0.25, 0.3) is 16.6 Å². The van der Waals surface area contributed by atoms with Crippen LogP contribution in [0.2, 0.25) is 5.02 Å². The molecule has 1 aliphatic rings. The van der Waals surface area contributed by atoms with Gasteiger partial charge in [0, 0.05) is 34.5 Å². The number of aromatic nitrogens is 3. The van der Waals surface area contributed by atoms with Crippen molar-refractivity contribution in [3.63, 3.8) is 0 Å². The fourth-order valence-corrected chi connectivity index (χ4v) is 5.34. The van der Waals surface area contributed by atoms with E-state index in [2.05, 4.69) is 48.2 Å². The number of carbonyl (C=O) groups is 1. The van der Waals surface area contributed by atoms with Gasteiger partial charge in [-0.2, -0.15) is 18.3 Å². The molecule has 204 valence electrons. The van der Waals surface area contributed by atoms with Crippen LogP contribution >= 0.6 is 34.2 Å². The summed E-state index contributed by atoms with van der Waals surface area (Å²) in [7, 11) is 0. The minimum atomic E-state index is -4.51. The van der Waals surface area contributed by atoms with Crippen molar-refractivity contribution >= 4 is 62.9 Å². The lowest BCUT2D eigenvalue weighted by Crippen LogP contribution is -2.36. The number of ether oxygens (including phenoxy) is 1. The Bertz CT molecular complexity index is 1540. The van der Waals surface area contributed by atoms with Gasteiger partial charge in [0.25, 0.3) is 0 Å². The van der Waals surface area contributed by atoms with Crippen molar-refractivity contribution in [2.24, 2.45) is 0 Å². The number of fused-ring (bicyclic) bond motifs is 1. The first-order valence-electron chi connectivity index (χ1n) is 11.8. The molecule has 9 nitrogen and oxygen atoms in total. The average Bonchev–Trinajstić information content (AvgIpc) is 3.18. The van der Waals surface area contributed by atoms with E-state index >= 15 is 0 Å². The minimum Gasteiger partial charge on any atom is -0.382 e. The molecular formula is C25H22ClF3IN7O2. The van der Waals surface area contributed by atoms with Gasteiger partial charge in [0.2, 0.25) is 0 Å². The summed E-state index contributed by atoms with van der Waals surface area (Å²) < 4.78 is 46.8. The van der Waals surface area contributed by atoms with Gasteiger partial charge in [-0.05, 0) is 58.5 Å². The number of nitrogens with one attached hydrogen (secondary N) is 2. The summed E-state index contributed by atoms with van der Waals surface area (Å²) in [5, 5.41) is 10.0. The van der Waals surface area contributed by atoms with Crippen molar-refractivity contribution < 1.29 is 22.7 Å². The first-order valence-corrected chi connectivity index (χ1v) is 13.2.